The Kier molecular flexibility index (Phi) is 20.2. The lowest BCUT2D eigenvalue weighted by atomic mass is 9.97. The first-order valence-electron chi connectivity index (χ1n) is 43.8. The van der Waals surface area contributed by atoms with Crippen molar-refractivity contribution in [2.24, 2.45) is 0 Å². The quantitative estimate of drug-likeness (QED) is 0.0942. The first-order valence-corrected chi connectivity index (χ1v) is 43.8. The second-order valence-corrected chi connectivity index (χ2v) is 32.7. The molecule has 0 amide bonds. The average Bonchev–Trinajstić information content (AvgIpc) is 1.68. The monoisotopic (exact) mass is 1660 g/mol. The highest BCUT2D eigenvalue weighted by Gasteiger charge is 2.24. The van der Waals surface area contributed by atoms with E-state index in [1.807, 2.05) is 48.5 Å². The van der Waals surface area contributed by atoms with Crippen LogP contribution in [0, 0.1) is 0 Å². The molecule has 20 aromatic carbocycles. The molecule has 24 aromatic rings. The Balaban J connectivity index is 0.000000148. The van der Waals surface area contributed by atoms with Crippen LogP contribution in [0.1, 0.15) is 0 Å². The number of fused-ring (bicyclic) bond motifs is 8. The van der Waals surface area contributed by atoms with Gasteiger partial charge in [-0.3, -0.25) is 0 Å². The van der Waals surface area contributed by atoms with Crippen molar-refractivity contribution in [3.05, 3.63) is 473 Å². The predicted molar refractivity (Wildman–Crippen MR) is 536 cm³/mol. The SMILES string of the molecule is c1ccc(-c2ccc(-c3ccc(-c4nc(-c5ccc(-c6ccc7ccccc7c6)cc5)nc(-c5cccc6oc7c(-c8ccc(-c9ccccc9)cc8)cccc7c56)n4)cc3)cc2)cc1.c1ccc(-c2ccc(-c3ccc(-c4nc(-c5ccc(-c6cccc7ccccc67)cc5)nc(-c5cccc6oc7c(-c8ccc(-c9ccccc9)cc8)cccc7c56)n4)cc3)cc2)cc1. The lowest BCUT2D eigenvalue weighted by Crippen LogP contribution is -2.00. The summed E-state index contributed by atoms with van der Waals surface area (Å²) in [5.74, 6) is 3.54. The molecule has 0 aliphatic carbocycles. The van der Waals surface area contributed by atoms with Crippen LogP contribution in [0.4, 0.5) is 0 Å². The molecule has 4 aromatic heterocycles. The summed E-state index contributed by atoms with van der Waals surface area (Å²) in [6, 6.07) is 166. The highest BCUT2D eigenvalue weighted by atomic mass is 16.3. The minimum Gasteiger partial charge on any atom is -0.455 e. The zero-order chi connectivity index (χ0) is 86.2. The van der Waals surface area contributed by atoms with Gasteiger partial charge in [0.25, 0.3) is 0 Å². The minimum atomic E-state index is 0.578. The smallest absolute Gasteiger partial charge is 0.164 e. The maximum absolute atomic E-state index is 6.75. The van der Waals surface area contributed by atoms with Crippen LogP contribution in [0.5, 0.6) is 0 Å². The molecule has 0 atom stereocenters. The van der Waals surface area contributed by atoms with Gasteiger partial charge in [-0.15, -0.1) is 0 Å². The lowest BCUT2D eigenvalue weighted by Gasteiger charge is -2.11. The van der Waals surface area contributed by atoms with Gasteiger partial charge < -0.3 is 8.83 Å². The molecule has 8 heteroatoms. The van der Waals surface area contributed by atoms with E-state index in [1.54, 1.807) is 0 Å². The molecule has 4 heterocycles. The molecule has 0 unspecified atom stereocenters. The lowest BCUT2D eigenvalue weighted by molar-refractivity contribution is 0.669. The number of benzene rings is 20. The molecule has 130 heavy (non-hydrogen) atoms. The van der Waals surface area contributed by atoms with Gasteiger partial charge in [0.05, 0.1) is 0 Å². The van der Waals surface area contributed by atoms with Crippen molar-refractivity contribution in [3.8, 4) is 180 Å². The van der Waals surface area contributed by atoms with E-state index in [1.165, 1.54) is 71.6 Å². The van der Waals surface area contributed by atoms with Crippen molar-refractivity contribution >= 4 is 65.4 Å². The van der Waals surface area contributed by atoms with Gasteiger partial charge in [-0.2, -0.15) is 0 Å². The van der Waals surface area contributed by atoms with Gasteiger partial charge in [-0.25, -0.2) is 29.9 Å². The van der Waals surface area contributed by atoms with E-state index >= 15 is 0 Å². The molecule has 0 N–H and O–H groups in total. The van der Waals surface area contributed by atoms with Gasteiger partial charge in [0.2, 0.25) is 0 Å². The highest BCUT2D eigenvalue weighted by Crippen LogP contribution is 2.45. The number of hydrogen-bond acceptors (Lipinski definition) is 8. The molecular weight excluding hydrogens is 1580 g/mol. The van der Waals surface area contributed by atoms with Gasteiger partial charge in [-0.05, 0) is 140 Å². The van der Waals surface area contributed by atoms with E-state index in [0.717, 1.165) is 138 Å². The maximum Gasteiger partial charge on any atom is 0.164 e. The van der Waals surface area contributed by atoms with Crippen LogP contribution in [0.2, 0.25) is 0 Å². The standard InChI is InChI=1S/2C61H39N3O/c1-3-12-40(13-4-1)42-24-26-44(27-25-42)45-30-36-49(37-31-45)59-62-60(50-38-34-47(35-39-50)52-19-9-17-46-16-7-8-18-51(46)52)64-61(63-59)55-22-11-23-56-57(55)54-21-10-20-53(58(54)65-56)48-32-28-43(29-33-48)41-14-5-2-6-15-41;1-3-11-40(12-4-1)43-21-23-45(24-22-43)46-27-34-49(35-28-46)59-62-60(50-36-29-47(30-37-50)52-38-31-42-15-7-8-16-51(42)39-52)64-61(63-59)55-19-10-20-56-57(55)54-18-9-17-53(58(54)65-56)48-32-25-44(26-33-48)41-13-5-2-6-14-41/h2*1-39H. The maximum atomic E-state index is 6.75. The summed E-state index contributed by atoms with van der Waals surface area (Å²) in [7, 11) is 0. The first kappa shape index (κ1) is 77.4. The van der Waals surface area contributed by atoms with E-state index in [2.05, 4.69) is 425 Å². The fraction of sp³-hybridized carbons (Fsp3) is 0. The molecule has 0 radical (unpaired) electrons. The number of rotatable bonds is 16. The number of hydrogen-bond donors (Lipinski definition) is 0. The van der Waals surface area contributed by atoms with E-state index in [9.17, 15) is 0 Å². The minimum absolute atomic E-state index is 0.578. The molecule has 0 fully saturated rings. The van der Waals surface area contributed by atoms with Crippen molar-refractivity contribution < 1.29 is 8.83 Å². The van der Waals surface area contributed by atoms with E-state index in [4.69, 9.17) is 38.7 Å². The van der Waals surface area contributed by atoms with Gasteiger partial charge in [-0.1, -0.05) is 455 Å². The molecule has 0 saturated heterocycles. The van der Waals surface area contributed by atoms with Crippen molar-refractivity contribution in [1.29, 1.82) is 0 Å². The summed E-state index contributed by atoms with van der Waals surface area (Å²) in [4.78, 5) is 31.3. The molecule has 608 valence electrons. The summed E-state index contributed by atoms with van der Waals surface area (Å²) < 4.78 is 13.5. The van der Waals surface area contributed by atoms with Crippen LogP contribution in [0.3, 0.4) is 0 Å². The van der Waals surface area contributed by atoms with Gasteiger partial charge in [0, 0.05) is 66.1 Å². The predicted octanol–water partition coefficient (Wildman–Crippen LogP) is 32.5. The van der Waals surface area contributed by atoms with E-state index in [-0.39, 0.29) is 0 Å². The van der Waals surface area contributed by atoms with Gasteiger partial charge >= 0.3 is 0 Å². The highest BCUT2D eigenvalue weighted by molar-refractivity contribution is 6.16. The topological polar surface area (TPSA) is 104 Å². The summed E-state index contributed by atoms with van der Waals surface area (Å²) in [5.41, 5.74) is 31.4. The number of para-hydroxylation sites is 2. The number of aromatic nitrogens is 6. The zero-order valence-electron chi connectivity index (χ0n) is 70.5. The molecule has 0 spiro atoms. The van der Waals surface area contributed by atoms with Crippen LogP contribution >= 0.6 is 0 Å². The van der Waals surface area contributed by atoms with Crippen molar-refractivity contribution in [3.63, 3.8) is 0 Å². The van der Waals surface area contributed by atoms with Crippen LogP contribution in [-0.4, -0.2) is 29.9 Å². The van der Waals surface area contributed by atoms with Crippen LogP contribution < -0.4 is 0 Å². The van der Waals surface area contributed by atoms with Crippen molar-refractivity contribution in [2.45, 2.75) is 0 Å². The molecule has 0 saturated carbocycles. The molecular formula is C122H78N6O2. The Morgan fingerprint density at radius 3 is 0.723 bits per heavy atom. The molecule has 0 aliphatic rings. The summed E-state index contributed by atoms with van der Waals surface area (Å²) >= 11 is 0. The Bertz CT molecular complexity index is 8280. The normalized spacial score (nSPS) is 11.4. The summed E-state index contributed by atoms with van der Waals surface area (Å²) in [6.07, 6.45) is 0. The van der Waals surface area contributed by atoms with Crippen molar-refractivity contribution in [1.82, 2.24) is 29.9 Å². The molecule has 0 aliphatic heterocycles. The number of furan rings is 2. The fourth-order valence-electron chi connectivity index (χ4n) is 18.0. The average molecular weight is 1660 g/mol. The largest absolute Gasteiger partial charge is 0.455 e. The third-order valence-corrected chi connectivity index (χ3v) is 24.8. The van der Waals surface area contributed by atoms with Gasteiger partial charge in [0.1, 0.15) is 22.3 Å². The van der Waals surface area contributed by atoms with Crippen molar-refractivity contribution in [2.75, 3.05) is 0 Å². The third-order valence-electron chi connectivity index (χ3n) is 24.8. The zero-order valence-corrected chi connectivity index (χ0v) is 70.5. The fourth-order valence-corrected chi connectivity index (χ4v) is 18.0. The Hall–Kier alpha value is -17.5. The van der Waals surface area contributed by atoms with E-state index in [0.29, 0.717) is 34.9 Å². The third kappa shape index (κ3) is 15.2. The second-order valence-electron chi connectivity index (χ2n) is 32.7. The first-order chi connectivity index (χ1) is 64.4. The summed E-state index contributed by atoms with van der Waals surface area (Å²) in [6.45, 7) is 0. The Morgan fingerprint density at radius 1 is 0.131 bits per heavy atom. The molecule has 0 bridgehead atoms. The Labute approximate surface area is 751 Å². The Morgan fingerprint density at radius 2 is 0.362 bits per heavy atom. The van der Waals surface area contributed by atoms with E-state index < -0.39 is 0 Å². The number of nitrogens with zero attached hydrogens (tertiary/aromatic N) is 6. The van der Waals surface area contributed by atoms with Crippen LogP contribution in [-0.2, 0) is 0 Å². The molecule has 8 nitrogen and oxygen atoms in total. The molecule has 24 rings (SSSR count). The van der Waals surface area contributed by atoms with Crippen LogP contribution in [0.15, 0.2) is 482 Å². The summed E-state index contributed by atoms with van der Waals surface area (Å²) in [5, 5.41) is 8.81. The second kappa shape index (κ2) is 33.9. The van der Waals surface area contributed by atoms with Crippen LogP contribution in [0.25, 0.3) is 245 Å². The van der Waals surface area contributed by atoms with Gasteiger partial charge in [0.15, 0.2) is 34.9 Å².